The van der Waals surface area contributed by atoms with Crippen LogP contribution < -0.4 is 11.1 Å². The minimum Gasteiger partial charge on any atom is -0.349 e. The van der Waals surface area contributed by atoms with Crippen LogP contribution in [0.15, 0.2) is 30.3 Å². The standard InChI is InChI=1S/C20H31N3O2/c1-15(2)13-20(3,14-21)22-18(24)16-9-11-23(12-10-16)19(25)17-7-5-4-6-8-17/h4-8,15-16H,9-14,21H2,1-3H3,(H,22,24). The summed E-state index contributed by atoms with van der Waals surface area (Å²) in [6, 6.07) is 9.31. The molecule has 1 aromatic rings. The zero-order chi connectivity index (χ0) is 18.4. The number of benzene rings is 1. The van der Waals surface area contributed by atoms with E-state index in [0.717, 1.165) is 6.42 Å². The number of hydrogen-bond donors (Lipinski definition) is 2. The van der Waals surface area contributed by atoms with Crippen LogP contribution in [0.25, 0.3) is 0 Å². The number of nitrogens with two attached hydrogens (primary N) is 1. The number of amides is 2. The van der Waals surface area contributed by atoms with Gasteiger partial charge in [0.1, 0.15) is 0 Å². The van der Waals surface area contributed by atoms with Crippen molar-refractivity contribution in [1.82, 2.24) is 10.2 Å². The molecule has 0 aliphatic carbocycles. The molecule has 0 radical (unpaired) electrons. The van der Waals surface area contributed by atoms with Crippen molar-refractivity contribution >= 4 is 11.8 Å². The van der Waals surface area contributed by atoms with Gasteiger partial charge in [0.25, 0.3) is 5.91 Å². The van der Waals surface area contributed by atoms with E-state index in [2.05, 4.69) is 19.2 Å². The van der Waals surface area contributed by atoms with E-state index in [4.69, 9.17) is 5.73 Å². The minimum atomic E-state index is -0.359. The molecule has 1 atom stereocenters. The molecule has 0 spiro atoms. The second kappa shape index (κ2) is 8.48. The highest BCUT2D eigenvalue weighted by molar-refractivity contribution is 5.94. The van der Waals surface area contributed by atoms with Crippen molar-refractivity contribution < 1.29 is 9.59 Å². The number of rotatable bonds is 6. The monoisotopic (exact) mass is 345 g/mol. The average molecular weight is 345 g/mol. The molecule has 0 bridgehead atoms. The second-order valence-electron chi connectivity index (χ2n) is 7.78. The Morgan fingerprint density at radius 2 is 1.84 bits per heavy atom. The molecule has 0 aromatic heterocycles. The van der Waals surface area contributed by atoms with E-state index in [-0.39, 0.29) is 23.3 Å². The van der Waals surface area contributed by atoms with Gasteiger partial charge in [-0.1, -0.05) is 32.0 Å². The van der Waals surface area contributed by atoms with E-state index in [0.29, 0.717) is 44.0 Å². The van der Waals surface area contributed by atoms with Crippen molar-refractivity contribution in [3.8, 4) is 0 Å². The van der Waals surface area contributed by atoms with Crippen LogP contribution in [-0.4, -0.2) is 41.9 Å². The van der Waals surface area contributed by atoms with Gasteiger partial charge in [0, 0.05) is 36.7 Å². The van der Waals surface area contributed by atoms with Crippen LogP contribution in [0.5, 0.6) is 0 Å². The highest BCUT2D eigenvalue weighted by Crippen LogP contribution is 2.22. The molecule has 5 nitrogen and oxygen atoms in total. The number of piperidine rings is 1. The number of carbonyl (C=O) groups is 2. The summed E-state index contributed by atoms with van der Waals surface area (Å²) < 4.78 is 0. The summed E-state index contributed by atoms with van der Waals surface area (Å²) in [5, 5.41) is 3.15. The Morgan fingerprint density at radius 3 is 2.36 bits per heavy atom. The lowest BCUT2D eigenvalue weighted by molar-refractivity contribution is -0.128. The van der Waals surface area contributed by atoms with Crippen LogP contribution in [0.4, 0.5) is 0 Å². The molecule has 1 saturated heterocycles. The maximum Gasteiger partial charge on any atom is 0.253 e. The molecule has 2 amide bonds. The van der Waals surface area contributed by atoms with E-state index >= 15 is 0 Å². The Kier molecular flexibility index (Phi) is 6.59. The summed E-state index contributed by atoms with van der Waals surface area (Å²) in [6.07, 6.45) is 2.26. The summed E-state index contributed by atoms with van der Waals surface area (Å²) in [5.74, 6) is 0.545. The molecule has 5 heteroatoms. The third-order valence-electron chi connectivity index (χ3n) is 4.91. The molecule has 3 N–H and O–H groups in total. The normalized spacial score (nSPS) is 18.0. The molecule has 1 aliphatic rings. The third-order valence-corrected chi connectivity index (χ3v) is 4.91. The average Bonchev–Trinajstić information content (AvgIpc) is 2.61. The molecule has 138 valence electrons. The van der Waals surface area contributed by atoms with Crippen molar-refractivity contribution in [3.63, 3.8) is 0 Å². The Bertz CT molecular complexity index is 580. The first kappa shape index (κ1) is 19.4. The van der Waals surface area contributed by atoms with Gasteiger partial charge in [-0.05, 0) is 44.2 Å². The summed E-state index contributed by atoms with van der Waals surface area (Å²) in [7, 11) is 0. The fraction of sp³-hybridized carbons (Fsp3) is 0.600. The SMILES string of the molecule is CC(C)CC(C)(CN)NC(=O)C1CCN(C(=O)c2ccccc2)CC1. The van der Waals surface area contributed by atoms with Gasteiger partial charge in [-0.2, -0.15) is 0 Å². The Morgan fingerprint density at radius 1 is 1.24 bits per heavy atom. The predicted octanol–water partition coefficient (Wildman–Crippen LogP) is 2.42. The molecule has 1 aliphatic heterocycles. The van der Waals surface area contributed by atoms with Crippen molar-refractivity contribution in [2.75, 3.05) is 19.6 Å². The fourth-order valence-corrected chi connectivity index (χ4v) is 3.59. The lowest BCUT2D eigenvalue weighted by Gasteiger charge is -2.36. The summed E-state index contributed by atoms with van der Waals surface area (Å²) in [5.41, 5.74) is 6.24. The molecule has 2 rings (SSSR count). The summed E-state index contributed by atoms with van der Waals surface area (Å²) >= 11 is 0. The maximum absolute atomic E-state index is 12.6. The van der Waals surface area contributed by atoms with E-state index in [9.17, 15) is 9.59 Å². The zero-order valence-electron chi connectivity index (χ0n) is 15.6. The number of hydrogen-bond acceptors (Lipinski definition) is 3. The molecular formula is C20H31N3O2. The van der Waals surface area contributed by atoms with Gasteiger partial charge in [-0.15, -0.1) is 0 Å². The van der Waals surface area contributed by atoms with Crippen molar-refractivity contribution in [1.29, 1.82) is 0 Å². The topological polar surface area (TPSA) is 75.4 Å². The quantitative estimate of drug-likeness (QED) is 0.831. The van der Waals surface area contributed by atoms with Crippen LogP contribution in [0.1, 0.15) is 50.4 Å². The van der Waals surface area contributed by atoms with Gasteiger partial charge < -0.3 is 16.0 Å². The highest BCUT2D eigenvalue weighted by Gasteiger charge is 2.32. The highest BCUT2D eigenvalue weighted by atomic mass is 16.2. The molecule has 1 unspecified atom stereocenters. The number of carbonyl (C=O) groups excluding carboxylic acids is 2. The maximum atomic E-state index is 12.6. The number of nitrogens with zero attached hydrogens (tertiary/aromatic N) is 1. The second-order valence-corrected chi connectivity index (χ2v) is 7.78. The smallest absolute Gasteiger partial charge is 0.253 e. The lowest BCUT2D eigenvalue weighted by Crippen LogP contribution is -2.55. The number of likely N-dealkylation sites (tertiary alicyclic amines) is 1. The van der Waals surface area contributed by atoms with Crippen molar-refractivity contribution in [2.24, 2.45) is 17.6 Å². The third kappa shape index (κ3) is 5.30. The summed E-state index contributed by atoms with van der Waals surface area (Å²) in [4.78, 5) is 27.0. The zero-order valence-corrected chi connectivity index (χ0v) is 15.6. The van der Waals surface area contributed by atoms with E-state index in [1.54, 1.807) is 0 Å². The molecule has 1 aromatic carbocycles. The van der Waals surface area contributed by atoms with Crippen molar-refractivity contribution in [2.45, 2.75) is 45.6 Å². The van der Waals surface area contributed by atoms with Crippen LogP contribution in [0.2, 0.25) is 0 Å². The van der Waals surface area contributed by atoms with Gasteiger partial charge in [-0.25, -0.2) is 0 Å². The van der Waals surface area contributed by atoms with Crippen LogP contribution in [-0.2, 0) is 4.79 Å². The van der Waals surface area contributed by atoms with Gasteiger partial charge in [0.05, 0.1) is 0 Å². The van der Waals surface area contributed by atoms with E-state index in [1.807, 2.05) is 42.2 Å². The predicted molar refractivity (Wildman–Crippen MR) is 100 cm³/mol. The first-order valence-corrected chi connectivity index (χ1v) is 9.21. The largest absolute Gasteiger partial charge is 0.349 e. The fourth-order valence-electron chi connectivity index (χ4n) is 3.59. The molecule has 25 heavy (non-hydrogen) atoms. The Labute approximate surface area is 151 Å². The molecule has 1 heterocycles. The first-order valence-electron chi connectivity index (χ1n) is 9.21. The van der Waals surface area contributed by atoms with Gasteiger partial charge >= 0.3 is 0 Å². The van der Waals surface area contributed by atoms with Gasteiger partial charge in [0.15, 0.2) is 0 Å². The lowest BCUT2D eigenvalue weighted by atomic mass is 9.88. The van der Waals surface area contributed by atoms with Crippen LogP contribution in [0, 0.1) is 11.8 Å². The number of nitrogens with one attached hydrogen (secondary N) is 1. The van der Waals surface area contributed by atoms with Gasteiger partial charge in [0.2, 0.25) is 5.91 Å². The first-order chi connectivity index (χ1) is 11.8. The molecule has 0 saturated carbocycles. The summed E-state index contributed by atoms with van der Waals surface area (Å²) in [6.45, 7) is 7.95. The van der Waals surface area contributed by atoms with E-state index < -0.39 is 0 Å². The Hall–Kier alpha value is -1.88. The van der Waals surface area contributed by atoms with Crippen LogP contribution in [0.3, 0.4) is 0 Å². The molecule has 1 fully saturated rings. The van der Waals surface area contributed by atoms with Crippen LogP contribution >= 0.6 is 0 Å². The minimum absolute atomic E-state index is 0.0436. The van der Waals surface area contributed by atoms with Crippen molar-refractivity contribution in [3.05, 3.63) is 35.9 Å². The van der Waals surface area contributed by atoms with E-state index in [1.165, 1.54) is 0 Å². The van der Waals surface area contributed by atoms with Gasteiger partial charge in [-0.3, -0.25) is 9.59 Å². The Balaban J connectivity index is 1.89. The molecular weight excluding hydrogens is 314 g/mol.